The minimum atomic E-state index is -3.13. The van der Waals surface area contributed by atoms with E-state index >= 15 is 0 Å². The smallest absolute Gasteiger partial charge is 0.217 e. The van der Waals surface area contributed by atoms with Crippen LogP contribution in [0.1, 0.15) is 27.8 Å². The SMILES string of the molecule is Cc1cc(P(=O)(NN)c2ccccc2)c(Cc2ccccc2)c(C)c1C. The molecule has 3 nitrogen and oxygen atoms in total. The molecule has 3 rings (SSSR count). The summed E-state index contributed by atoms with van der Waals surface area (Å²) in [6, 6.07) is 21.8. The zero-order chi connectivity index (χ0) is 18.7. The first-order valence-corrected chi connectivity index (χ1v) is 10.5. The van der Waals surface area contributed by atoms with Crippen molar-refractivity contribution >= 4 is 17.9 Å². The van der Waals surface area contributed by atoms with Crippen molar-refractivity contribution in [3.63, 3.8) is 0 Å². The lowest BCUT2D eigenvalue weighted by Crippen LogP contribution is -2.34. The van der Waals surface area contributed by atoms with Gasteiger partial charge in [0.2, 0.25) is 7.29 Å². The van der Waals surface area contributed by atoms with Gasteiger partial charge in [-0.05, 0) is 73.2 Å². The monoisotopic (exact) mass is 364 g/mol. The highest BCUT2D eigenvalue weighted by Gasteiger charge is 2.30. The van der Waals surface area contributed by atoms with Crippen LogP contribution in [0.5, 0.6) is 0 Å². The zero-order valence-electron chi connectivity index (χ0n) is 15.5. The van der Waals surface area contributed by atoms with Gasteiger partial charge in [-0.15, -0.1) is 0 Å². The third-order valence-corrected chi connectivity index (χ3v) is 7.60. The van der Waals surface area contributed by atoms with E-state index in [9.17, 15) is 4.57 Å². The van der Waals surface area contributed by atoms with Crippen LogP contribution in [-0.4, -0.2) is 0 Å². The first-order valence-electron chi connectivity index (χ1n) is 8.75. The number of benzene rings is 3. The molecule has 0 heterocycles. The van der Waals surface area contributed by atoms with Crippen LogP contribution in [0.15, 0.2) is 66.7 Å². The fourth-order valence-electron chi connectivity index (χ4n) is 3.34. The molecule has 26 heavy (non-hydrogen) atoms. The molecular weight excluding hydrogens is 339 g/mol. The Morgan fingerprint density at radius 1 is 0.885 bits per heavy atom. The van der Waals surface area contributed by atoms with E-state index in [1.807, 2.05) is 54.6 Å². The van der Waals surface area contributed by atoms with Crippen molar-refractivity contribution in [2.45, 2.75) is 27.2 Å². The average molecular weight is 364 g/mol. The van der Waals surface area contributed by atoms with Crippen molar-refractivity contribution in [2.24, 2.45) is 5.84 Å². The Hall–Kier alpha value is -2.19. The Bertz CT molecular complexity index is 953. The van der Waals surface area contributed by atoms with Crippen LogP contribution in [0, 0.1) is 20.8 Å². The van der Waals surface area contributed by atoms with E-state index in [1.165, 1.54) is 16.7 Å². The number of nitrogens with one attached hydrogen (secondary N) is 1. The normalized spacial score (nSPS) is 13.4. The first-order chi connectivity index (χ1) is 12.5. The standard InChI is InChI=1S/C22H25N2OP/c1-16-14-22(26(25,24-23)20-12-8-5-9-13-20)21(18(3)17(16)2)15-19-10-6-4-7-11-19/h4-14H,15,23H2,1-3H3,(H,24,25). The lowest BCUT2D eigenvalue weighted by Gasteiger charge is -2.24. The quantitative estimate of drug-likeness (QED) is 0.410. The highest BCUT2D eigenvalue weighted by molar-refractivity contribution is 7.77. The number of hydrazine groups is 1. The Balaban J connectivity index is 2.24. The van der Waals surface area contributed by atoms with Crippen molar-refractivity contribution in [1.29, 1.82) is 0 Å². The Morgan fingerprint density at radius 3 is 2.04 bits per heavy atom. The van der Waals surface area contributed by atoms with Gasteiger partial charge in [-0.25, -0.2) is 0 Å². The van der Waals surface area contributed by atoms with E-state index in [0.29, 0.717) is 0 Å². The van der Waals surface area contributed by atoms with E-state index in [-0.39, 0.29) is 0 Å². The molecule has 0 aliphatic carbocycles. The van der Waals surface area contributed by atoms with Gasteiger partial charge < -0.3 is 0 Å². The highest BCUT2D eigenvalue weighted by Crippen LogP contribution is 2.40. The molecule has 3 N–H and O–H groups in total. The van der Waals surface area contributed by atoms with E-state index in [2.05, 4.69) is 38.1 Å². The van der Waals surface area contributed by atoms with Crippen LogP contribution in [0.25, 0.3) is 0 Å². The third kappa shape index (κ3) is 3.39. The van der Waals surface area contributed by atoms with Gasteiger partial charge in [0.1, 0.15) is 0 Å². The van der Waals surface area contributed by atoms with E-state index < -0.39 is 7.29 Å². The molecule has 0 fully saturated rings. The molecule has 3 aromatic carbocycles. The van der Waals surface area contributed by atoms with Crippen molar-refractivity contribution < 1.29 is 4.57 Å². The van der Waals surface area contributed by atoms with E-state index in [1.54, 1.807) is 0 Å². The fourth-order valence-corrected chi connectivity index (χ4v) is 5.50. The molecule has 0 aliphatic heterocycles. The Kier molecular flexibility index (Phi) is 5.43. The minimum Gasteiger partial charge on any atom is -0.295 e. The Morgan fingerprint density at radius 2 is 1.46 bits per heavy atom. The summed E-state index contributed by atoms with van der Waals surface area (Å²) in [5, 5.41) is 4.19. The summed E-state index contributed by atoms with van der Waals surface area (Å²) in [4.78, 5) is 0. The molecule has 1 atom stereocenters. The highest BCUT2D eigenvalue weighted by atomic mass is 31.2. The van der Waals surface area contributed by atoms with Crippen LogP contribution in [-0.2, 0) is 11.0 Å². The molecule has 0 aliphatic rings. The van der Waals surface area contributed by atoms with Crippen LogP contribution in [0.3, 0.4) is 0 Å². The molecule has 4 heteroatoms. The molecule has 0 bridgehead atoms. The Labute approximate surface area is 155 Å². The van der Waals surface area contributed by atoms with E-state index in [4.69, 9.17) is 5.84 Å². The molecular formula is C22H25N2OP. The minimum absolute atomic E-state index is 0.722. The summed E-state index contributed by atoms with van der Waals surface area (Å²) < 4.78 is 14.0. The largest absolute Gasteiger partial charge is 0.295 e. The van der Waals surface area contributed by atoms with Crippen LogP contribution < -0.4 is 21.6 Å². The van der Waals surface area contributed by atoms with Gasteiger partial charge in [0, 0.05) is 10.6 Å². The predicted molar refractivity (Wildman–Crippen MR) is 111 cm³/mol. The summed E-state index contributed by atoms with van der Waals surface area (Å²) >= 11 is 0. The molecule has 3 aromatic rings. The molecule has 0 amide bonds. The van der Waals surface area contributed by atoms with Gasteiger partial charge in [0.05, 0.1) is 0 Å². The van der Waals surface area contributed by atoms with Crippen molar-refractivity contribution in [3.05, 3.63) is 94.5 Å². The van der Waals surface area contributed by atoms with Gasteiger partial charge in [0.25, 0.3) is 0 Å². The molecule has 0 saturated heterocycles. The predicted octanol–water partition coefficient (Wildman–Crippen LogP) is 3.89. The summed E-state index contributed by atoms with van der Waals surface area (Å²) in [5.41, 5.74) is 5.81. The first kappa shape index (κ1) is 18.6. The lowest BCUT2D eigenvalue weighted by atomic mass is 9.94. The molecule has 1 unspecified atom stereocenters. The van der Waals surface area contributed by atoms with Gasteiger partial charge in [-0.1, -0.05) is 48.5 Å². The summed E-state index contributed by atoms with van der Waals surface area (Å²) in [6.07, 6.45) is 0.724. The summed E-state index contributed by atoms with van der Waals surface area (Å²) in [7, 11) is -3.13. The number of aryl methyl sites for hydroxylation is 1. The maximum Gasteiger partial charge on any atom is 0.217 e. The lowest BCUT2D eigenvalue weighted by molar-refractivity contribution is 0.579. The van der Waals surface area contributed by atoms with Crippen molar-refractivity contribution in [2.75, 3.05) is 0 Å². The van der Waals surface area contributed by atoms with E-state index in [0.717, 1.165) is 28.2 Å². The maximum atomic E-state index is 14.0. The molecule has 0 saturated carbocycles. The number of nitrogens with two attached hydrogens (primary N) is 1. The van der Waals surface area contributed by atoms with Crippen molar-refractivity contribution in [3.8, 4) is 0 Å². The molecule has 0 spiro atoms. The summed E-state index contributed by atoms with van der Waals surface area (Å²) in [6.45, 7) is 6.28. The number of hydrogen-bond acceptors (Lipinski definition) is 2. The van der Waals surface area contributed by atoms with Gasteiger partial charge in [0.15, 0.2) is 0 Å². The molecule has 134 valence electrons. The van der Waals surface area contributed by atoms with Gasteiger partial charge in [-0.3, -0.25) is 10.4 Å². The number of rotatable bonds is 5. The van der Waals surface area contributed by atoms with Crippen LogP contribution >= 0.6 is 7.29 Å². The van der Waals surface area contributed by atoms with Crippen molar-refractivity contribution in [1.82, 2.24) is 5.20 Å². The second-order valence-corrected chi connectivity index (χ2v) is 9.15. The molecule has 0 aromatic heterocycles. The second kappa shape index (κ2) is 7.59. The number of hydrogen-bond donors (Lipinski definition) is 2. The average Bonchev–Trinajstić information content (AvgIpc) is 2.69. The third-order valence-electron chi connectivity index (χ3n) is 5.13. The van der Waals surface area contributed by atoms with Crippen LogP contribution in [0.2, 0.25) is 0 Å². The van der Waals surface area contributed by atoms with Crippen LogP contribution in [0.4, 0.5) is 0 Å². The molecule has 0 radical (unpaired) electrons. The topological polar surface area (TPSA) is 55.1 Å². The van der Waals surface area contributed by atoms with Gasteiger partial charge in [-0.2, -0.15) is 5.20 Å². The fraction of sp³-hybridized carbons (Fsp3) is 0.182. The maximum absolute atomic E-state index is 14.0. The summed E-state index contributed by atoms with van der Waals surface area (Å²) in [5.74, 6) is 5.86. The second-order valence-electron chi connectivity index (χ2n) is 6.68. The zero-order valence-corrected chi connectivity index (χ0v) is 16.4. The van der Waals surface area contributed by atoms with Gasteiger partial charge >= 0.3 is 0 Å².